The summed E-state index contributed by atoms with van der Waals surface area (Å²) < 4.78 is 12.7. The lowest BCUT2D eigenvalue weighted by Crippen LogP contribution is -2.28. The summed E-state index contributed by atoms with van der Waals surface area (Å²) in [4.78, 5) is 11.4. The van der Waals surface area contributed by atoms with Crippen molar-refractivity contribution in [1.82, 2.24) is 20.3 Å². The fourth-order valence-corrected chi connectivity index (χ4v) is 1.73. The van der Waals surface area contributed by atoms with Gasteiger partial charge < -0.3 is 14.8 Å². The zero-order valence-electron chi connectivity index (χ0n) is 14.0. The third-order valence-corrected chi connectivity index (χ3v) is 2.87. The second kappa shape index (κ2) is 10.3. The summed E-state index contributed by atoms with van der Waals surface area (Å²) in [5.74, 6) is 0.450. The van der Waals surface area contributed by atoms with Crippen molar-refractivity contribution >= 4 is 5.91 Å². The molecule has 1 heterocycles. The lowest BCUT2D eigenvalue weighted by atomic mass is 10.1. The van der Waals surface area contributed by atoms with Crippen LogP contribution in [-0.2, 0) is 20.9 Å². The maximum absolute atomic E-state index is 11.4. The average Bonchev–Trinajstić information content (AvgIpc) is 2.90. The molecule has 1 aromatic heterocycles. The number of carbonyl (C=O) groups excluding carboxylic acids is 1. The number of hydrogen-bond acceptors (Lipinski definition) is 5. The zero-order valence-corrected chi connectivity index (χ0v) is 14.0. The van der Waals surface area contributed by atoms with E-state index in [-0.39, 0.29) is 5.91 Å². The molecule has 0 bridgehead atoms. The van der Waals surface area contributed by atoms with Crippen molar-refractivity contribution in [3.8, 4) is 0 Å². The number of amides is 1. The quantitative estimate of drug-likeness (QED) is 0.627. The normalized spacial score (nSPS) is 11.4. The molecule has 0 atom stereocenters. The van der Waals surface area contributed by atoms with E-state index in [9.17, 15) is 4.79 Å². The smallest absolute Gasteiger partial charge is 0.220 e. The van der Waals surface area contributed by atoms with Crippen LogP contribution in [0, 0.1) is 5.92 Å². The highest BCUT2D eigenvalue weighted by Gasteiger charge is 2.04. The summed E-state index contributed by atoms with van der Waals surface area (Å²) in [7, 11) is 0. The Labute approximate surface area is 132 Å². The van der Waals surface area contributed by atoms with Crippen LogP contribution in [0.5, 0.6) is 0 Å². The number of hydrogen-bond donors (Lipinski definition) is 1. The van der Waals surface area contributed by atoms with Gasteiger partial charge in [0.2, 0.25) is 5.91 Å². The maximum Gasteiger partial charge on any atom is 0.220 e. The number of ether oxygens (including phenoxy) is 2. The first-order valence-corrected chi connectivity index (χ1v) is 7.82. The van der Waals surface area contributed by atoms with Gasteiger partial charge in [0, 0.05) is 19.0 Å². The van der Waals surface area contributed by atoms with Crippen molar-refractivity contribution in [3.05, 3.63) is 11.9 Å². The Balaban J connectivity index is 1.96. The van der Waals surface area contributed by atoms with E-state index < -0.39 is 0 Å². The molecule has 22 heavy (non-hydrogen) atoms. The van der Waals surface area contributed by atoms with Crippen molar-refractivity contribution in [2.45, 2.75) is 46.8 Å². The van der Waals surface area contributed by atoms with Gasteiger partial charge in [0.25, 0.3) is 0 Å². The molecule has 0 fully saturated rings. The topological polar surface area (TPSA) is 78.3 Å². The number of carbonyl (C=O) groups is 1. The van der Waals surface area contributed by atoms with Gasteiger partial charge in [0.1, 0.15) is 5.69 Å². The molecule has 0 saturated heterocycles. The summed E-state index contributed by atoms with van der Waals surface area (Å²) >= 11 is 0. The lowest BCUT2D eigenvalue weighted by Gasteiger charge is -2.08. The molecule has 126 valence electrons. The fourth-order valence-electron chi connectivity index (χ4n) is 1.73. The first kappa shape index (κ1) is 18.6. The minimum absolute atomic E-state index is 0.0723. The van der Waals surface area contributed by atoms with Crippen molar-refractivity contribution < 1.29 is 14.3 Å². The van der Waals surface area contributed by atoms with E-state index in [4.69, 9.17) is 9.47 Å². The summed E-state index contributed by atoms with van der Waals surface area (Å²) in [6.45, 7) is 10.6. The molecule has 0 unspecified atom stereocenters. The Kier molecular flexibility index (Phi) is 8.69. The Morgan fingerprint density at radius 1 is 1.23 bits per heavy atom. The fraction of sp³-hybridized carbons (Fsp3) is 0.800. The highest BCUT2D eigenvalue weighted by molar-refractivity contribution is 5.75. The van der Waals surface area contributed by atoms with E-state index in [1.54, 1.807) is 4.68 Å². The number of rotatable bonds is 11. The van der Waals surface area contributed by atoms with Crippen LogP contribution >= 0.6 is 0 Å². The van der Waals surface area contributed by atoms with Crippen LogP contribution < -0.4 is 5.32 Å². The zero-order chi connectivity index (χ0) is 16.4. The third kappa shape index (κ3) is 8.09. The Hall–Kier alpha value is -1.47. The van der Waals surface area contributed by atoms with Crippen molar-refractivity contribution in [2.75, 3.05) is 26.4 Å². The van der Waals surface area contributed by atoms with E-state index in [1.807, 2.05) is 33.9 Å². The highest BCUT2D eigenvalue weighted by atomic mass is 16.5. The average molecular weight is 312 g/mol. The SMILES string of the molecule is CC(C)CC(=O)NCCOCCOCc1cn(C(C)C)nn1. The Morgan fingerprint density at radius 2 is 1.95 bits per heavy atom. The molecule has 1 aromatic rings. The van der Waals surface area contributed by atoms with Crippen LogP contribution in [0.2, 0.25) is 0 Å². The molecule has 1 N–H and O–H groups in total. The summed E-state index contributed by atoms with van der Waals surface area (Å²) in [5, 5.41) is 10.9. The molecule has 1 rings (SSSR count). The van der Waals surface area contributed by atoms with Gasteiger partial charge >= 0.3 is 0 Å². The van der Waals surface area contributed by atoms with Gasteiger partial charge in [-0.2, -0.15) is 0 Å². The first-order chi connectivity index (χ1) is 10.5. The van der Waals surface area contributed by atoms with Gasteiger partial charge in [-0.1, -0.05) is 19.1 Å². The monoisotopic (exact) mass is 312 g/mol. The molecule has 0 spiro atoms. The van der Waals surface area contributed by atoms with E-state index in [1.165, 1.54) is 0 Å². The Bertz CT molecular complexity index is 432. The second-order valence-corrected chi connectivity index (χ2v) is 5.90. The largest absolute Gasteiger partial charge is 0.377 e. The lowest BCUT2D eigenvalue weighted by molar-refractivity contribution is -0.122. The number of nitrogens with one attached hydrogen (secondary N) is 1. The van der Waals surface area contributed by atoms with Gasteiger partial charge in [-0.15, -0.1) is 5.10 Å². The molecular formula is C15H28N4O3. The molecule has 0 saturated carbocycles. The molecule has 0 aliphatic carbocycles. The third-order valence-electron chi connectivity index (χ3n) is 2.87. The molecule has 0 aliphatic heterocycles. The predicted molar refractivity (Wildman–Crippen MR) is 83.3 cm³/mol. The molecule has 0 aliphatic rings. The van der Waals surface area contributed by atoms with E-state index >= 15 is 0 Å². The van der Waals surface area contributed by atoms with Gasteiger partial charge in [-0.3, -0.25) is 4.79 Å². The summed E-state index contributed by atoms with van der Waals surface area (Å²) in [6, 6.07) is 0.301. The summed E-state index contributed by atoms with van der Waals surface area (Å²) in [5.41, 5.74) is 0.814. The van der Waals surface area contributed by atoms with Crippen molar-refractivity contribution in [3.63, 3.8) is 0 Å². The van der Waals surface area contributed by atoms with Crippen LogP contribution in [0.4, 0.5) is 0 Å². The minimum Gasteiger partial charge on any atom is -0.377 e. The standard InChI is InChI=1S/C15H28N4O3/c1-12(2)9-15(20)16-5-6-21-7-8-22-11-14-10-19(13(3)4)18-17-14/h10,12-13H,5-9,11H2,1-4H3,(H,16,20). The maximum atomic E-state index is 11.4. The highest BCUT2D eigenvalue weighted by Crippen LogP contribution is 2.03. The van der Waals surface area contributed by atoms with Crippen molar-refractivity contribution in [1.29, 1.82) is 0 Å². The number of nitrogens with zero attached hydrogens (tertiary/aromatic N) is 3. The molecule has 0 radical (unpaired) electrons. The molecule has 7 nitrogen and oxygen atoms in total. The molecule has 0 aromatic carbocycles. The van der Waals surface area contributed by atoms with Gasteiger partial charge in [0.15, 0.2) is 0 Å². The molecule has 7 heteroatoms. The second-order valence-electron chi connectivity index (χ2n) is 5.90. The van der Waals surface area contributed by atoms with Crippen LogP contribution in [0.1, 0.15) is 45.9 Å². The summed E-state index contributed by atoms with van der Waals surface area (Å²) in [6.07, 6.45) is 2.44. The Morgan fingerprint density at radius 3 is 2.59 bits per heavy atom. The first-order valence-electron chi connectivity index (χ1n) is 7.82. The van der Waals surface area contributed by atoms with Crippen LogP contribution in [-0.4, -0.2) is 47.3 Å². The van der Waals surface area contributed by atoms with E-state index in [0.717, 1.165) is 5.69 Å². The van der Waals surface area contributed by atoms with Crippen LogP contribution in [0.15, 0.2) is 6.20 Å². The van der Waals surface area contributed by atoms with Crippen LogP contribution in [0.3, 0.4) is 0 Å². The minimum atomic E-state index is 0.0723. The van der Waals surface area contributed by atoms with Crippen LogP contribution in [0.25, 0.3) is 0 Å². The van der Waals surface area contributed by atoms with Gasteiger partial charge in [-0.05, 0) is 19.8 Å². The van der Waals surface area contributed by atoms with E-state index in [0.29, 0.717) is 51.4 Å². The predicted octanol–water partition coefficient (Wildman–Crippen LogP) is 1.55. The molecular weight excluding hydrogens is 284 g/mol. The van der Waals surface area contributed by atoms with E-state index in [2.05, 4.69) is 15.6 Å². The molecule has 1 amide bonds. The number of aromatic nitrogens is 3. The van der Waals surface area contributed by atoms with Crippen molar-refractivity contribution in [2.24, 2.45) is 5.92 Å². The van der Waals surface area contributed by atoms with Gasteiger partial charge in [0.05, 0.1) is 32.6 Å². The van der Waals surface area contributed by atoms with Gasteiger partial charge in [-0.25, -0.2) is 4.68 Å².